The van der Waals surface area contributed by atoms with Gasteiger partial charge in [-0.2, -0.15) is 0 Å². The number of rotatable bonds is 1. The van der Waals surface area contributed by atoms with Crippen LogP contribution < -0.4 is 5.73 Å². The van der Waals surface area contributed by atoms with Gasteiger partial charge in [0.25, 0.3) is 11.8 Å². The zero-order valence-electron chi connectivity index (χ0n) is 14.9. The molecular formula is C21H23N3O2. The molecule has 3 heterocycles. The third kappa shape index (κ3) is 2.07. The maximum absolute atomic E-state index is 13.3. The van der Waals surface area contributed by atoms with E-state index in [2.05, 4.69) is 11.9 Å². The summed E-state index contributed by atoms with van der Waals surface area (Å²) in [5, 5.41) is 1.51. The number of nitrogens with two attached hydrogens (primary N) is 1. The number of nitrogen functional groups attached to an aromatic ring is 1. The number of anilines is 1. The minimum absolute atomic E-state index is 0.0116. The summed E-state index contributed by atoms with van der Waals surface area (Å²) < 4.78 is 0. The van der Waals surface area contributed by atoms with Gasteiger partial charge >= 0.3 is 0 Å². The summed E-state index contributed by atoms with van der Waals surface area (Å²) in [5.41, 5.74) is 7.89. The number of nitrogens with zero attached hydrogens (tertiary/aromatic N) is 2. The molecule has 2 atom stereocenters. The maximum Gasteiger partial charge on any atom is 0.261 e. The molecule has 0 saturated carbocycles. The van der Waals surface area contributed by atoms with E-state index in [9.17, 15) is 9.59 Å². The van der Waals surface area contributed by atoms with E-state index >= 15 is 0 Å². The van der Waals surface area contributed by atoms with Crippen molar-refractivity contribution in [2.75, 3.05) is 12.8 Å². The second-order valence-corrected chi connectivity index (χ2v) is 7.94. The van der Waals surface area contributed by atoms with Gasteiger partial charge in [-0.3, -0.25) is 14.5 Å². The molecule has 2 unspecified atom stereocenters. The highest BCUT2D eigenvalue weighted by atomic mass is 16.2. The van der Waals surface area contributed by atoms with E-state index in [0.717, 1.165) is 31.1 Å². The molecule has 5 heteroatoms. The first-order chi connectivity index (χ1) is 12.6. The van der Waals surface area contributed by atoms with Crippen LogP contribution >= 0.6 is 0 Å². The third-order valence-corrected chi connectivity index (χ3v) is 6.65. The monoisotopic (exact) mass is 349 g/mol. The van der Waals surface area contributed by atoms with Gasteiger partial charge in [0.2, 0.25) is 0 Å². The van der Waals surface area contributed by atoms with Crippen molar-refractivity contribution < 1.29 is 9.59 Å². The molecule has 2 aromatic rings. The van der Waals surface area contributed by atoms with Gasteiger partial charge in [0.05, 0.1) is 0 Å². The van der Waals surface area contributed by atoms with Crippen LogP contribution in [0.4, 0.5) is 5.69 Å². The molecular weight excluding hydrogens is 326 g/mol. The van der Waals surface area contributed by atoms with Crippen molar-refractivity contribution in [1.82, 2.24) is 9.80 Å². The third-order valence-electron chi connectivity index (χ3n) is 6.65. The van der Waals surface area contributed by atoms with Crippen LogP contribution in [0.2, 0.25) is 0 Å². The van der Waals surface area contributed by atoms with E-state index in [1.54, 1.807) is 17.0 Å². The topological polar surface area (TPSA) is 66.6 Å². The Hall–Kier alpha value is -2.40. The lowest BCUT2D eigenvalue weighted by atomic mass is 9.80. The predicted octanol–water partition coefficient (Wildman–Crippen LogP) is 3.03. The van der Waals surface area contributed by atoms with Crippen molar-refractivity contribution in [2.45, 2.75) is 50.2 Å². The molecule has 0 aliphatic carbocycles. The van der Waals surface area contributed by atoms with Crippen LogP contribution in [0.15, 0.2) is 30.3 Å². The fourth-order valence-corrected chi connectivity index (χ4v) is 5.27. The van der Waals surface area contributed by atoms with E-state index in [0.29, 0.717) is 34.3 Å². The Morgan fingerprint density at radius 2 is 1.58 bits per heavy atom. The number of imide groups is 1. The maximum atomic E-state index is 13.3. The Balaban J connectivity index is 1.59. The number of carbonyl (C=O) groups is 2. The highest BCUT2D eigenvalue weighted by Crippen LogP contribution is 2.39. The van der Waals surface area contributed by atoms with Crippen LogP contribution in [0.1, 0.15) is 52.8 Å². The fourth-order valence-electron chi connectivity index (χ4n) is 5.27. The largest absolute Gasteiger partial charge is 0.398 e. The summed E-state index contributed by atoms with van der Waals surface area (Å²) in [4.78, 5) is 30.6. The molecule has 2 aromatic carbocycles. The summed E-state index contributed by atoms with van der Waals surface area (Å²) in [6, 6.07) is 10.0. The van der Waals surface area contributed by atoms with Crippen LogP contribution in [0.25, 0.3) is 10.8 Å². The first kappa shape index (κ1) is 15.8. The molecule has 2 saturated heterocycles. The van der Waals surface area contributed by atoms with E-state index in [4.69, 9.17) is 5.73 Å². The molecule has 0 radical (unpaired) electrons. The van der Waals surface area contributed by atoms with Gasteiger partial charge in [0.15, 0.2) is 0 Å². The lowest BCUT2D eigenvalue weighted by Gasteiger charge is -2.49. The predicted molar refractivity (Wildman–Crippen MR) is 101 cm³/mol. The highest BCUT2D eigenvalue weighted by molar-refractivity contribution is 6.26. The van der Waals surface area contributed by atoms with Crippen molar-refractivity contribution in [3.63, 3.8) is 0 Å². The van der Waals surface area contributed by atoms with Crippen LogP contribution in [0.3, 0.4) is 0 Å². The number of benzene rings is 2. The minimum Gasteiger partial charge on any atom is -0.398 e. The number of hydrogen-bond donors (Lipinski definition) is 1. The summed E-state index contributed by atoms with van der Waals surface area (Å²) in [6.45, 7) is 0. The molecule has 2 fully saturated rings. The van der Waals surface area contributed by atoms with Crippen molar-refractivity contribution in [2.24, 2.45) is 0 Å². The molecule has 3 aliphatic heterocycles. The van der Waals surface area contributed by atoms with Crippen LogP contribution in [0, 0.1) is 0 Å². The van der Waals surface area contributed by atoms with Crippen molar-refractivity contribution in [3.05, 3.63) is 41.5 Å². The quantitative estimate of drug-likeness (QED) is 0.635. The lowest BCUT2D eigenvalue weighted by molar-refractivity contribution is 0.0108. The van der Waals surface area contributed by atoms with Gasteiger partial charge in [0, 0.05) is 45.7 Å². The second-order valence-electron chi connectivity index (χ2n) is 7.94. The van der Waals surface area contributed by atoms with Crippen LogP contribution in [-0.4, -0.2) is 46.8 Å². The summed E-state index contributed by atoms with van der Waals surface area (Å²) in [7, 11) is 2.18. The van der Waals surface area contributed by atoms with Gasteiger partial charge in [0.1, 0.15) is 0 Å². The number of amides is 2. The molecule has 2 amide bonds. The first-order valence-corrected chi connectivity index (χ1v) is 9.47. The van der Waals surface area contributed by atoms with E-state index in [-0.39, 0.29) is 17.9 Å². The summed E-state index contributed by atoms with van der Waals surface area (Å²) in [5.74, 6) is -0.322. The standard InChI is InChI=1S/C21H23N3O2/c1-23-12-4-2-5-13(23)11-14(10-12)24-20(25)16-7-3-6-15-18(22)9-8-17(19(15)16)21(24)26/h3,6-9,12-14H,2,4-5,10-11,22H2,1H3. The van der Waals surface area contributed by atoms with E-state index in [1.807, 2.05) is 18.2 Å². The second kappa shape index (κ2) is 5.55. The Labute approximate surface area is 152 Å². The average Bonchev–Trinajstić information content (AvgIpc) is 2.61. The van der Waals surface area contributed by atoms with Gasteiger partial charge < -0.3 is 10.6 Å². The molecule has 0 spiro atoms. The van der Waals surface area contributed by atoms with Crippen LogP contribution in [-0.2, 0) is 0 Å². The fraction of sp³-hybridized carbons (Fsp3) is 0.429. The van der Waals surface area contributed by atoms with Crippen molar-refractivity contribution in [3.8, 4) is 0 Å². The minimum atomic E-state index is -0.161. The molecule has 3 aliphatic rings. The van der Waals surface area contributed by atoms with Gasteiger partial charge in [-0.25, -0.2) is 0 Å². The van der Waals surface area contributed by atoms with Crippen molar-refractivity contribution in [1.29, 1.82) is 0 Å². The number of piperidine rings is 2. The summed E-state index contributed by atoms with van der Waals surface area (Å²) in [6.07, 6.45) is 5.32. The van der Waals surface area contributed by atoms with Crippen molar-refractivity contribution >= 4 is 28.3 Å². The number of carbonyl (C=O) groups excluding carboxylic acids is 2. The molecule has 5 rings (SSSR count). The first-order valence-electron chi connectivity index (χ1n) is 9.47. The highest BCUT2D eigenvalue weighted by Gasteiger charge is 2.44. The molecule has 5 nitrogen and oxygen atoms in total. The molecule has 0 aromatic heterocycles. The zero-order valence-corrected chi connectivity index (χ0v) is 14.9. The van der Waals surface area contributed by atoms with Gasteiger partial charge in [-0.15, -0.1) is 0 Å². The SMILES string of the molecule is CN1C2CCCC1CC(N1C(=O)c3cccc4c(N)ccc(c34)C1=O)C2. The number of hydrogen-bond acceptors (Lipinski definition) is 4. The van der Waals surface area contributed by atoms with E-state index in [1.165, 1.54) is 6.42 Å². The molecule has 134 valence electrons. The summed E-state index contributed by atoms with van der Waals surface area (Å²) >= 11 is 0. The number of fused-ring (bicyclic) bond motifs is 2. The normalized spacial score (nSPS) is 28.7. The van der Waals surface area contributed by atoms with Crippen LogP contribution in [0.5, 0.6) is 0 Å². The lowest BCUT2D eigenvalue weighted by Crippen LogP contribution is -2.58. The molecule has 2 bridgehead atoms. The Bertz CT molecular complexity index is 902. The molecule has 26 heavy (non-hydrogen) atoms. The smallest absolute Gasteiger partial charge is 0.261 e. The van der Waals surface area contributed by atoms with Gasteiger partial charge in [-0.05, 0) is 50.9 Å². The average molecular weight is 349 g/mol. The Kier molecular flexibility index (Phi) is 3.38. The van der Waals surface area contributed by atoms with Gasteiger partial charge in [-0.1, -0.05) is 18.6 Å². The van der Waals surface area contributed by atoms with E-state index < -0.39 is 0 Å². The zero-order chi connectivity index (χ0) is 18.0. The Morgan fingerprint density at radius 3 is 2.27 bits per heavy atom. The molecule has 2 N–H and O–H groups in total. The Morgan fingerprint density at radius 1 is 0.923 bits per heavy atom.